The number of rotatable bonds is 2. The van der Waals surface area contributed by atoms with Gasteiger partial charge in [0.2, 0.25) is 5.91 Å². The van der Waals surface area contributed by atoms with Gasteiger partial charge >= 0.3 is 0 Å². The standard InChI is InChI=1S/C8H12N2O/c1-5-4-10-6(2)7(5)3-8(9)11/h4,10H,3H2,1-2H3,(H2,9,11). The molecule has 0 spiro atoms. The van der Waals surface area contributed by atoms with Gasteiger partial charge in [0.15, 0.2) is 0 Å². The van der Waals surface area contributed by atoms with Crippen molar-refractivity contribution in [3.63, 3.8) is 0 Å². The monoisotopic (exact) mass is 152 g/mol. The summed E-state index contributed by atoms with van der Waals surface area (Å²) in [5.74, 6) is -0.282. The molecule has 0 aliphatic rings. The molecule has 0 bridgehead atoms. The van der Waals surface area contributed by atoms with E-state index in [-0.39, 0.29) is 5.91 Å². The van der Waals surface area contributed by atoms with Crippen molar-refractivity contribution in [3.05, 3.63) is 23.0 Å². The van der Waals surface area contributed by atoms with Crippen LogP contribution in [0.4, 0.5) is 0 Å². The van der Waals surface area contributed by atoms with Crippen molar-refractivity contribution in [2.45, 2.75) is 20.3 Å². The van der Waals surface area contributed by atoms with E-state index in [1.54, 1.807) is 0 Å². The molecule has 0 aliphatic carbocycles. The maximum absolute atomic E-state index is 10.6. The topological polar surface area (TPSA) is 58.9 Å². The Morgan fingerprint density at radius 3 is 2.64 bits per heavy atom. The summed E-state index contributed by atoms with van der Waals surface area (Å²) in [7, 11) is 0. The molecule has 1 rings (SSSR count). The fourth-order valence-electron chi connectivity index (χ4n) is 1.13. The molecule has 3 N–H and O–H groups in total. The number of hydrogen-bond acceptors (Lipinski definition) is 1. The van der Waals surface area contributed by atoms with Crippen LogP contribution in [0.25, 0.3) is 0 Å². The molecule has 3 heteroatoms. The first-order valence-corrected chi connectivity index (χ1v) is 3.53. The van der Waals surface area contributed by atoms with E-state index < -0.39 is 0 Å². The zero-order valence-corrected chi connectivity index (χ0v) is 6.77. The molecule has 11 heavy (non-hydrogen) atoms. The number of aromatic nitrogens is 1. The fourth-order valence-corrected chi connectivity index (χ4v) is 1.13. The smallest absolute Gasteiger partial charge is 0.221 e. The van der Waals surface area contributed by atoms with Gasteiger partial charge in [0.05, 0.1) is 6.42 Å². The van der Waals surface area contributed by atoms with E-state index in [4.69, 9.17) is 5.73 Å². The second-order valence-electron chi connectivity index (χ2n) is 2.72. The van der Waals surface area contributed by atoms with Gasteiger partial charge in [0, 0.05) is 11.9 Å². The molecule has 1 aromatic heterocycles. The van der Waals surface area contributed by atoms with Crippen molar-refractivity contribution in [2.75, 3.05) is 0 Å². The summed E-state index contributed by atoms with van der Waals surface area (Å²) in [6, 6.07) is 0. The average Bonchev–Trinajstić information content (AvgIpc) is 2.18. The largest absolute Gasteiger partial charge is 0.369 e. The molecule has 0 fully saturated rings. The van der Waals surface area contributed by atoms with Crippen LogP contribution in [-0.2, 0) is 11.2 Å². The van der Waals surface area contributed by atoms with Gasteiger partial charge in [-0.25, -0.2) is 0 Å². The Hall–Kier alpha value is -1.25. The molecular formula is C8H12N2O. The summed E-state index contributed by atoms with van der Waals surface area (Å²) in [6.07, 6.45) is 2.22. The first-order valence-electron chi connectivity index (χ1n) is 3.53. The number of hydrogen-bond donors (Lipinski definition) is 2. The zero-order valence-electron chi connectivity index (χ0n) is 6.77. The minimum atomic E-state index is -0.282. The number of amides is 1. The fraction of sp³-hybridized carbons (Fsp3) is 0.375. The summed E-state index contributed by atoms with van der Waals surface area (Å²) in [6.45, 7) is 3.90. The molecule has 0 unspecified atom stereocenters. The van der Waals surface area contributed by atoms with Gasteiger partial charge in [0.25, 0.3) is 0 Å². The van der Waals surface area contributed by atoms with Gasteiger partial charge in [-0.05, 0) is 25.0 Å². The van der Waals surface area contributed by atoms with Crippen LogP contribution in [0.1, 0.15) is 16.8 Å². The van der Waals surface area contributed by atoms with Gasteiger partial charge in [-0.3, -0.25) is 4.79 Å². The Morgan fingerprint density at radius 1 is 1.64 bits per heavy atom. The van der Waals surface area contributed by atoms with Crippen LogP contribution in [0.2, 0.25) is 0 Å². The number of nitrogens with two attached hydrogens (primary N) is 1. The van der Waals surface area contributed by atoms with E-state index in [0.29, 0.717) is 6.42 Å². The lowest BCUT2D eigenvalue weighted by atomic mass is 10.1. The highest BCUT2D eigenvalue weighted by atomic mass is 16.1. The van der Waals surface area contributed by atoms with Crippen molar-refractivity contribution in [2.24, 2.45) is 5.73 Å². The predicted molar refractivity (Wildman–Crippen MR) is 43.2 cm³/mol. The number of H-pyrrole nitrogens is 1. The van der Waals surface area contributed by atoms with Gasteiger partial charge in [-0.15, -0.1) is 0 Å². The summed E-state index contributed by atoms with van der Waals surface area (Å²) < 4.78 is 0. The maximum Gasteiger partial charge on any atom is 0.221 e. The van der Waals surface area contributed by atoms with Crippen LogP contribution in [0.15, 0.2) is 6.20 Å². The molecule has 60 valence electrons. The quantitative estimate of drug-likeness (QED) is 0.642. The van der Waals surface area contributed by atoms with Gasteiger partial charge in [-0.1, -0.05) is 0 Å². The molecule has 1 heterocycles. The minimum absolute atomic E-state index is 0.282. The third-order valence-corrected chi connectivity index (χ3v) is 1.78. The lowest BCUT2D eigenvalue weighted by Crippen LogP contribution is -2.14. The number of primary amides is 1. The Kier molecular flexibility index (Phi) is 1.98. The summed E-state index contributed by atoms with van der Waals surface area (Å²) in [5, 5.41) is 0. The summed E-state index contributed by atoms with van der Waals surface area (Å²) in [4.78, 5) is 13.6. The molecule has 0 atom stereocenters. The molecule has 0 aliphatic heterocycles. The van der Waals surface area contributed by atoms with Crippen LogP contribution in [-0.4, -0.2) is 10.9 Å². The lowest BCUT2D eigenvalue weighted by Gasteiger charge is -1.96. The number of nitrogens with one attached hydrogen (secondary N) is 1. The van der Waals surface area contributed by atoms with E-state index in [9.17, 15) is 4.79 Å². The molecule has 0 aromatic carbocycles. The Bertz CT molecular complexity index is 256. The van der Waals surface area contributed by atoms with Crippen molar-refractivity contribution in [1.82, 2.24) is 4.98 Å². The minimum Gasteiger partial charge on any atom is -0.369 e. The summed E-state index contributed by atoms with van der Waals surface area (Å²) in [5.41, 5.74) is 8.22. The van der Waals surface area contributed by atoms with Crippen molar-refractivity contribution in [1.29, 1.82) is 0 Å². The number of aryl methyl sites for hydroxylation is 2. The molecule has 3 nitrogen and oxygen atoms in total. The highest BCUT2D eigenvalue weighted by molar-refractivity contribution is 5.77. The number of carbonyl (C=O) groups excluding carboxylic acids is 1. The van der Waals surface area contributed by atoms with Gasteiger partial charge < -0.3 is 10.7 Å². The van der Waals surface area contributed by atoms with Gasteiger partial charge in [0.1, 0.15) is 0 Å². The van der Waals surface area contributed by atoms with Crippen LogP contribution in [0.3, 0.4) is 0 Å². The van der Waals surface area contributed by atoms with Crippen LogP contribution >= 0.6 is 0 Å². The number of aromatic amines is 1. The Balaban J connectivity index is 2.92. The van der Waals surface area contributed by atoms with Crippen LogP contribution in [0.5, 0.6) is 0 Å². The highest BCUT2D eigenvalue weighted by Gasteiger charge is 2.06. The highest BCUT2D eigenvalue weighted by Crippen LogP contribution is 2.11. The molecular weight excluding hydrogens is 140 g/mol. The second-order valence-corrected chi connectivity index (χ2v) is 2.72. The maximum atomic E-state index is 10.6. The van der Waals surface area contributed by atoms with Gasteiger partial charge in [-0.2, -0.15) is 0 Å². The Labute approximate surface area is 65.6 Å². The van der Waals surface area contributed by atoms with Crippen molar-refractivity contribution >= 4 is 5.91 Å². The predicted octanol–water partition coefficient (Wildman–Crippen LogP) is 0.659. The third kappa shape index (κ3) is 1.61. The first-order chi connectivity index (χ1) is 5.11. The van der Waals surface area contributed by atoms with Crippen molar-refractivity contribution < 1.29 is 4.79 Å². The average molecular weight is 152 g/mol. The van der Waals surface area contributed by atoms with Crippen LogP contribution < -0.4 is 5.73 Å². The SMILES string of the molecule is Cc1c[nH]c(C)c1CC(N)=O. The van der Waals surface area contributed by atoms with E-state index >= 15 is 0 Å². The Morgan fingerprint density at radius 2 is 2.27 bits per heavy atom. The molecule has 0 radical (unpaired) electrons. The third-order valence-electron chi connectivity index (χ3n) is 1.78. The molecule has 0 saturated heterocycles. The lowest BCUT2D eigenvalue weighted by molar-refractivity contribution is -0.117. The van der Waals surface area contributed by atoms with E-state index in [1.807, 2.05) is 20.0 Å². The van der Waals surface area contributed by atoms with E-state index in [2.05, 4.69) is 4.98 Å². The van der Waals surface area contributed by atoms with Crippen LogP contribution in [0, 0.1) is 13.8 Å². The number of carbonyl (C=O) groups is 1. The van der Waals surface area contributed by atoms with E-state index in [1.165, 1.54) is 0 Å². The van der Waals surface area contributed by atoms with Crippen molar-refractivity contribution in [3.8, 4) is 0 Å². The molecule has 1 amide bonds. The molecule has 0 saturated carbocycles. The summed E-state index contributed by atoms with van der Waals surface area (Å²) >= 11 is 0. The second kappa shape index (κ2) is 2.78. The normalized spacial score (nSPS) is 10.0. The van der Waals surface area contributed by atoms with E-state index in [0.717, 1.165) is 16.8 Å². The first kappa shape index (κ1) is 7.85. The molecule has 1 aromatic rings. The zero-order chi connectivity index (χ0) is 8.43.